The second-order valence-corrected chi connectivity index (χ2v) is 9.04. The fourth-order valence-corrected chi connectivity index (χ4v) is 5.39. The van der Waals surface area contributed by atoms with Crippen LogP contribution >= 0.6 is 0 Å². The van der Waals surface area contributed by atoms with Crippen LogP contribution in [0.2, 0.25) is 0 Å². The molecule has 10 nitrogen and oxygen atoms in total. The number of halogens is 1. The van der Waals surface area contributed by atoms with Gasteiger partial charge in [0.25, 0.3) is 0 Å². The number of benzene rings is 1. The van der Waals surface area contributed by atoms with Crippen LogP contribution in [0.5, 0.6) is 0 Å². The van der Waals surface area contributed by atoms with E-state index in [-0.39, 0.29) is 18.4 Å². The molecule has 1 amide bonds. The van der Waals surface area contributed by atoms with Crippen molar-refractivity contribution in [1.29, 1.82) is 10.5 Å². The van der Waals surface area contributed by atoms with E-state index in [2.05, 4.69) is 27.6 Å². The number of nitriles is 2. The van der Waals surface area contributed by atoms with Gasteiger partial charge in [-0.05, 0) is 24.3 Å². The summed E-state index contributed by atoms with van der Waals surface area (Å²) in [7, 11) is 0. The van der Waals surface area contributed by atoms with E-state index in [0.717, 1.165) is 0 Å². The highest BCUT2D eigenvalue weighted by Crippen LogP contribution is 2.62. The van der Waals surface area contributed by atoms with Gasteiger partial charge in [-0.15, -0.1) is 5.10 Å². The van der Waals surface area contributed by atoms with Crippen molar-refractivity contribution in [3.05, 3.63) is 60.4 Å². The Labute approximate surface area is 199 Å². The first-order valence-electron chi connectivity index (χ1n) is 11.2. The normalized spacial score (nSPS) is 26.7. The smallest absolute Gasteiger partial charge is 0.414 e. The molecule has 1 saturated carbocycles. The van der Waals surface area contributed by atoms with E-state index in [4.69, 9.17) is 10.00 Å². The number of hydrogen-bond acceptors (Lipinski definition) is 8. The molecular formula is C24H19FN8O2. The number of fused-ring (bicyclic) bond motifs is 1. The van der Waals surface area contributed by atoms with E-state index in [1.165, 1.54) is 11.0 Å². The van der Waals surface area contributed by atoms with Gasteiger partial charge in [-0.25, -0.2) is 13.9 Å². The van der Waals surface area contributed by atoms with Crippen LogP contribution in [0.1, 0.15) is 5.69 Å². The molecule has 35 heavy (non-hydrogen) atoms. The lowest BCUT2D eigenvalue weighted by Crippen LogP contribution is -2.26. The van der Waals surface area contributed by atoms with E-state index in [0.29, 0.717) is 42.1 Å². The predicted octanol–water partition coefficient (Wildman–Crippen LogP) is 2.31. The summed E-state index contributed by atoms with van der Waals surface area (Å²) in [4.78, 5) is 19.9. The number of pyridine rings is 1. The van der Waals surface area contributed by atoms with Gasteiger partial charge in [-0.3, -0.25) is 9.88 Å². The van der Waals surface area contributed by atoms with Gasteiger partial charge >= 0.3 is 6.09 Å². The number of amides is 1. The van der Waals surface area contributed by atoms with Crippen molar-refractivity contribution >= 4 is 11.8 Å². The Morgan fingerprint density at radius 3 is 2.63 bits per heavy atom. The molecule has 0 bridgehead atoms. The van der Waals surface area contributed by atoms with E-state index in [9.17, 15) is 10.1 Å². The Morgan fingerprint density at radius 2 is 2.00 bits per heavy atom. The average Bonchev–Trinajstić information content (AvgIpc) is 3.37. The molecule has 3 fully saturated rings. The number of piperidine rings is 1. The molecule has 11 heteroatoms. The minimum atomic E-state index is -0.673. The highest BCUT2D eigenvalue weighted by Gasteiger charge is 2.71. The Hall–Kier alpha value is -4.51. The first-order valence-corrected chi connectivity index (χ1v) is 11.2. The number of nitrogens with zero attached hydrogens (tertiary/aromatic N) is 8. The number of carbonyl (C=O) groups is 1. The average molecular weight is 470 g/mol. The molecule has 0 spiro atoms. The standard InChI is InChI=1S/C24H19FN8O2/c25-21-7-16(33-10-17(35-23(33)34)9-32-6-5-29-30-32)2-3-18(21)15-1-4-22(28-8-15)24(13-26)19-11-31(14-27)12-20(19)24/h1-8,17,19-20H,9-12H2/t17-,19-,20+,24?/m0/s1. The van der Waals surface area contributed by atoms with Gasteiger partial charge < -0.3 is 9.64 Å². The first-order chi connectivity index (χ1) is 17.0. The summed E-state index contributed by atoms with van der Waals surface area (Å²) in [6, 6.07) is 10.5. The maximum atomic E-state index is 15.1. The number of carbonyl (C=O) groups excluding carboxylic acids is 1. The molecule has 4 atom stereocenters. The number of likely N-dealkylation sites (tertiary alicyclic amines) is 1. The van der Waals surface area contributed by atoms with Gasteiger partial charge in [0.1, 0.15) is 17.3 Å². The summed E-state index contributed by atoms with van der Waals surface area (Å²) in [5.74, 6) is -0.308. The largest absolute Gasteiger partial charge is 0.442 e. The van der Waals surface area contributed by atoms with Crippen LogP contribution in [0.15, 0.2) is 48.9 Å². The zero-order chi connectivity index (χ0) is 24.2. The molecule has 2 aliphatic heterocycles. The maximum Gasteiger partial charge on any atom is 0.414 e. The van der Waals surface area contributed by atoms with Crippen LogP contribution in [0.3, 0.4) is 0 Å². The summed E-state index contributed by atoms with van der Waals surface area (Å²) in [5.41, 5.74) is 1.30. The zero-order valence-electron chi connectivity index (χ0n) is 18.5. The number of rotatable bonds is 5. The molecule has 1 aliphatic carbocycles. The first kappa shape index (κ1) is 21.1. The summed E-state index contributed by atoms with van der Waals surface area (Å²) >= 11 is 0. The molecule has 4 heterocycles. The van der Waals surface area contributed by atoms with Crippen LogP contribution in [0, 0.1) is 40.4 Å². The third-order valence-corrected chi connectivity index (χ3v) is 7.21. The van der Waals surface area contributed by atoms with Crippen LogP contribution in [-0.4, -0.2) is 56.7 Å². The summed E-state index contributed by atoms with van der Waals surface area (Å²) in [6.07, 6.45) is 5.97. The summed E-state index contributed by atoms with van der Waals surface area (Å²) in [6.45, 7) is 1.76. The Balaban J connectivity index is 1.18. The number of aromatic nitrogens is 4. The Morgan fingerprint density at radius 1 is 1.17 bits per heavy atom. The predicted molar refractivity (Wildman–Crippen MR) is 119 cm³/mol. The molecule has 0 N–H and O–H groups in total. The quantitative estimate of drug-likeness (QED) is 0.521. The highest BCUT2D eigenvalue weighted by atomic mass is 19.1. The van der Waals surface area contributed by atoms with Crippen LogP contribution in [0.4, 0.5) is 14.9 Å². The summed E-state index contributed by atoms with van der Waals surface area (Å²) < 4.78 is 22.0. The monoisotopic (exact) mass is 470 g/mol. The molecular weight excluding hydrogens is 451 g/mol. The molecule has 1 unspecified atom stereocenters. The molecule has 3 aliphatic rings. The van der Waals surface area contributed by atoms with Crippen molar-refractivity contribution in [3.63, 3.8) is 0 Å². The highest BCUT2D eigenvalue weighted by molar-refractivity contribution is 5.90. The number of cyclic esters (lactones) is 1. The molecule has 2 saturated heterocycles. The van der Waals surface area contributed by atoms with Crippen LogP contribution < -0.4 is 4.90 Å². The van der Waals surface area contributed by atoms with Gasteiger partial charge in [-0.2, -0.15) is 10.5 Å². The van der Waals surface area contributed by atoms with Crippen molar-refractivity contribution < 1.29 is 13.9 Å². The number of anilines is 1. The van der Waals surface area contributed by atoms with Gasteiger partial charge in [0.2, 0.25) is 0 Å². The van der Waals surface area contributed by atoms with E-state index in [1.807, 2.05) is 0 Å². The molecule has 6 rings (SSSR count). The van der Waals surface area contributed by atoms with Gasteiger partial charge in [-0.1, -0.05) is 11.3 Å². The van der Waals surface area contributed by atoms with Crippen molar-refractivity contribution in [2.45, 2.75) is 18.1 Å². The van der Waals surface area contributed by atoms with E-state index in [1.54, 1.807) is 52.4 Å². The lowest BCUT2D eigenvalue weighted by atomic mass is 9.95. The SMILES string of the molecule is N#CN1C[C@@H]2[C@H](C1)C2(C#N)c1ccc(-c2ccc(N3C[C@H](Cn4ccnn4)OC3=O)cc2F)cn1. The lowest BCUT2D eigenvalue weighted by molar-refractivity contribution is 0.129. The Bertz CT molecular complexity index is 1370. The number of ether oxygens (including phenoxy) is 1. The van der Waals surface area contributed by atoms with Crippen molar-refractivity contribution in [2.75, 3.05) is 24.5 Å². The fraction of sp³-hybridized carbons (Fsp3) is 0.333. The van der Waals surface area contributed by atoms with Crippen molar-refractivity contribution in [1.82, 2.24) is 24.9 Å². The van der Waals surface area contributed by atoms with Gasteiger partial charge in [0.15, 0.2) is 6.19 Å². The molecule has 2 aromatic heterocycles. The van der Waals surface area contributed by atoms with Crippen LogP contribution in [0.25, 0.3) is 11.1 Å². The minimum absolute atomic E-state index is 0.0927. The molecule has 1 aromatic carbocycles. The molecule has 3 aromatic rings. The number of hydrogen-bond donors (Lipinski definition) is 0. The van der Waals surface area contributed by atoms with Gasteiger partial charge in [0.05, 0.1) is 36.7 Å². The lowest BCUT2D eigenvalue weighted by Gasteiger charge is -2.18. The Kier molecular flexibility index (Phi) is 4.68. The van der Waals surface area contributed by atoms with Gasteiger partial charge in [0, 0.05) is 48.4 Å². The minimum Gasteiger partial charge on any atom is -0.442 e. The third kappa shape index (κ3) is 3.28. The zero-order valence-corrected chi connectivity index (χ0v) is 18.5. The fourth-order valence-electron chi connectivity index (χ4n) is 5.39. The van der Waals surface area contributed by atoms with E-state index >= 15 is 4.39 Å². The second-order valence-electron chi connectivity index (χ2n) is 9.04. The van der Waals surface area contributed by atoms with Crippen LogP contribution in [-0.2, 0) is 16.7 Å². The van der Waals surface area contributed by atoms with Crippen molar-refractivity contribution in [2.24, 2.45) is 11.8 Å². The second kappa shape index (κ2) is 7.77. The van der Waals surface area contributed by atoms with Crippen molar-refractivity contribution in [3.8, 4) is 23.4 Å². The molecule has 0 radical (unpaired) electrons. The van der Waals surface area contributed by atoms with E-state index < -0.39 is 23.4 Å². The third-order valence-electron chi connectivity index (χ3n) is 7.21. The topological polar surface area (TPSA) is 124 Å². The summed E-state index contributed by atoms with van der Waals surface area (Å²) in [5, 5.41) is 26.5. The maximum absolute atomic E-state index is 15.1. The molecule has 174 valence electrons.